The predicted molar refractivity (Wildman–Crippen MR) is 230 cm³/mol. The molecule has 0 unspecified atom stereocenters. The zero-order chi connectivity index (χ0) is 40.7. The van der Waals surface area contributed by atoms with Crippen molar-refractivity contribution in [2.45, 2.75) is 83.3 Å². The van der Waals surface area contributed by atoms with Crippen LogP contribution in [0.15, 0.2) is 73.2 Å². The molecule has 1 atom stereocenters. The van der Waals surface area contributed by atoms with E-state index in [0.717, 1.165) is 115 Å². The summed E-state index contributed by atoms with van der Waals surface area (Å²) in [5, 5.41) is 18.1. The molecular formula is C47H47Cl2FN6O3. The number of aliphatic carboxylic acids is 1. The number of hydrogen-bond acceptors (Lipinski definition) is 7. The van der Waals surface area contributed by atoms with Gasteiger partial charge in [-0.1, -0.05) is 59.6 Å². The normalized spacial score (nSPS) is 22.9. The molecule has 9 nitrogen and oxygen atoms in total. The summed E-state index contributed by atoms with van der Waals surface area (Å²) in [6, 6.07) is 17.4. The summed E-state index contributed by atoms with van der Waals surface area (Å²) in [5.41, 5.74) is 7.63. The summed E-state index contributed by atoms with van der Waals surface area (Å²) in [6.07, 6.45) is 15.1. The van der Waals surface area contributed by atoms with E-state index in [2.05, 4.69) is 31.6 Å². The number of carboxylic acid groups (broad SMARTS) is 1. The van der Waals surface area contributed by atoms with Gasteiger partial charge in [0, 0.05) is 80.2 Å². The second-order valence-electron chi connectivity index (χ2n) is 17.1. The van der Waals surface area contributed by atoms with Crippen molar-refractivity contribution in [2.75, 3.05) is 19.6 Å². The lowest BCUT2D eigenvalue weighted by atomic mass is 9.80. The van der Waals surface area contributed by atoms with Crippen LogP contribution < -0.4 is 10.6 Å². The highest BCUT2D eigenvalue weighted by atomic mass is 35.5. The third-order valence-corrected chi connectivity index (χ3v) is 14.3. The number of carbonyl (C=O) groups is 2. The molecule has 4 aliphatic rings. The van der Waals surface area contributed by atoms with E-state index in [4.69, 9.17) is 28.2 Å². The number of rotatable bonds is 13. The summed E-state index contributed by atoms with van der Waals surface area (Å²) < 4.78 is 16.0. The lowest BCUT2D eigenvalue weighted by Gasteiger charge is -2.33. The van der Waals surface area contributed by atoms with Gasteiger partial charge in [0.2, 0.25) is 5.91 Å². The molecule has 2 aromatic carbocycles. The number of pyridine rings is 3. The first-order valence-electron chi connectivity index (χ1n) is 20.7. The zero-order valence-corrected chi connectivity index (χ0v) is 34.4. The number of benzene rings is 2. The maximum Gasteiger partial charge on any atom is 0.309 e. The Kier molecular flexibility index (Phi) is 11.0. The number of halogens is 3. The summed E-state index contributed by atoms with van der Waals surface area (Å²) in [6.45, 7) is 3.94. The van der Waals surface area contributed by atoms with Gasteiger partial charge < -0.3 is 15.7 Å². The third kappa shape index (κ3) is 8.12. The van der Waals surface area contributed by atoms with Crippen LogP contribution >= 0.6 is 23.2 Å². The fraction of sp³-hybridized carbons (Fsp3) is 0.383. The first-order chi connectivity index (χ1) is 28.6. The monoisotopic (exact) mass is 832 g/mol. The number of nitrogens with zero attached hydrogens (tertiary/aromatic N) is 4. The van der Waals surface area contributed by atoms with Crippen LogP contribution in [0.5, 0.6) is 0 Å². The molecule has 304 valence electrons. The number of nitrogens with one attached hydrogen (secondary N) is 2. The maximum atomic E-state index is 16.0. The van der Waals surface area contributed by atoms with E-state index in [1.807, 2.05) is 48.7 Å². The molecule has 5 aromatic rings. The SMILES string of the molecule is O=C1CC[C@@H](CNCc2cnc3c(Cc4cccc(-c5cccc(/C=C(\F)c6cc7c(cn6)CN(CCC68CCC(C(=O)O)(CC6)C8)CC7)c5Cl)c4Cl)nccc3c2)N1. The van der Waals surface area contributed by atoms with Gasteiger partial charge in [0.15, 0.2) is 0 Å². The van der Waals surface area contributed by atoms with Gasteiger partial charge in [0.05, 0.1) is 32.4 Å². The molecule has 0 spiro atoms. The zero-order valence-electron chi connectivity index (χ0n) is 32.9. The smallest absolute Gasteiger partial charge is 0.309 e. The van der Waals surface area contributed by atoms with Crippen molar-refractivity contribution >= 4 is 57.9 Å². The van der Waals surface area contributed by atoms with Crippen LogP contribution in [0.2, 0.25) is 10.0 Å². The lowest BCUT2D eigenvalue weighted by Crippen LogP contribution is -2.35. The van der Waals surface area contributed by atoms with Crippen LogP contribution in [-0.4, -0.2) is 62.5 Å². The highest BCUT2D eigenvalue weighted by molar-refractivity contribution is 6.37. The molecule has 9 rings (SSSR count). The minimum absolute atomic E-state index is 0.111. The third-order valence-electron chi connectivity index (χ3n) is 13.4. The highest BCUT2D eigenvalue weighted by Gasteiger charge is 2.57. The summed E-state index contributed by atoms with van der Waals surface area (Å²) >= 11 is 14.1. The van der Waals surface area contributed by atoms with Gasteiger partial charge in [-0.05, 0) is 115 Å². The van der Waals surface area contributed by atoms with Gasteiger partial charge in [-0.3, -0.25) is 29.4 Å². The van der Waals surface area contributed by atoms with Crippen molar-refractivity contribution in [3.05, 3.63) is 122 Å². The minimum Gasteiger partial charge on any atom is -0.481 e. The van der Waals surface area contributed by atoms with Crippen molar-refractivity contribution in [3.63, 3.8) is 0 Å². The van der Waals surface area contributed by atoms with E-state index in [9.17, 15) is 14.7 Å². The quantitative estimate of drug-likeness (QED) is 0.108. The lowest BCUT2D eigenvalue weighted by molar-refractivity contribution is -0.148. The molecule has 3 aromatic heterocycles. The van der Waals surface area contributed by atoms with E-state index >= 15 is 4.39 Å². The molecule has 3 fully saturated rings. The van der Waals surface area contributed by atoms with Crippen LogP contribution in [0.25, 0.3) is 33.9 Å². The Morgan fingerprint density at radius 3 is 2.58 bits per heavy atom. The first-order valence-corrected chi connectivity index (χ1v) is 21.4. The van der Waals surface area contributed by atoms with Crippen LogP contribution in [0, 0.1) is 10.8 Å². The van der Waals surface area contributed by atoms with Crippen LogP contribution in [-0.2, 0) is 35.5 Å². The van der Waals surface area contributed by atoms with E-state index in [1.165, 1.54) is 6.08 Å². The summed E-state index contributed by atoms with van der Waals surface area (Å²) in [5.74, 6) is -0.969. The van der Waals surface area contributed by atoms with Crippen molar-refractivity contribution < 1.29 is 19.1 Å². The molecule has 59 heavy (non-hydrogen) atoms. The summed E-state index contributed by atoms with van der Waals surface area (Å²) in [7, 11) is 0. The van der Waals surface area contributed by atoms with Crippen molar-refractivity contribution in [1.29, 1.82) is 0 Å². The Bertz CT molecular complexity index is 2480. The van der Waals surface area contributed by atoms with Gasteiger partial charge in [-0.15, -0.1) is 0 Å². The number of amides is 1. The van der Waals surface area contributed by atoms with Gasteiger partial charge in [-0.2, -0.15) is 0 Å². The Morgan fingerprint density at radius 2 is 1.80 bits per heavy atom. The Labute approximate surface area is 353 Å². The molecule has 5 heterocycles. The molecule has 2 aliphatic heterocycles. The van der Waals surface area contributed by atoms with E-state index in [-0.39, 0.29) is 23.1 Å². The van der Waals surface area contributed by atoms with Crippen molar-refractivity contribution in [2.24, 2.45) is 10.8 Å². The number of aromatic nitrogens is 3. The largest absolute Gasteiger partial charge is 0.481 e. The molecule has 0 radical (unpaired) electrons. The maximum absolute atomic E-state index is 16.0. The minimum atomic E-state index is -0.616. The number of fused-ring (bicyclic) bond motifs is 4. The summed E-state index contributed by atoms with van der Waals surface area (Å²) in [4.78, 5) is 39.9. The second-order valence-corrected chi connectivity index (χ2v) is 17.9. The van der Waals surface area contributed by atoms with Gasteiger partial charge >= 0.3 is 5.97 Å². The predicted octanol–water partition coefficient (Wildman–Crippen LogP) is 9.21. The van der Waals surface area contributed by atoms with Crippen LogP contribution in [0.4, 0.5) is 4.39 Å². The first kappa shape index (κ1) is 39.7. The molecule has 12 heteroatoms. The van der Waals surface area contributed by atoms with Crippen molar-refractivity contribution in [3.8, 4) is 11.1 Å². The number of carboxylic acids is 1. The molecular weight excluding hydrogens is 786 g/mol. The molecule has 2 aliphatic carbocycles. The van der Waals surface area contributed by atoms with Gasteiger partial charge in [0.25, 0.3) is 0 Å². The fourth-order valence-electron chi connectivity index (χ4n) is 9.97. The van der Waals surface area contributed by atoms with Crippen LogP contribution in [0.3, 0.4) is 0 Å². The highest BCUT2D eigenvalue weighted by Crippen LogP contribution is 2.63. The van der Waals surface area contributed by atoms with E-state index in [1.54, 1.807) is 18.5 Å². The van der Waals surface area contributed by atoms with Crippen molar-refractivity contribution in [1.82, 2.24) is 30.5 Å². The molecule has 1 amide bonds. The second kappa shape index (κ2) is 16.4. The Hall–Kier alpha value is -4.74. The topological polar surface area (TPSA) is 120 Å². The van der Waals surface area contributed by atoms with Gasteiger partial charge in [-0.25, -0.2) is 4.39 Å². The standard InChI is InChI=1S/C47H47Cl2FN6O3/c48-42-31(20-38(50)39-21-30-10-17-56(27-34(30)25-53-39)18-15-46-11-13-47(28-46,14-12-46)45(58)59)3-1-5-36(42)37-6-2-4-32(43(37)49)22-40-44-33(9-16-52-40)19-29(24-54-44)23-51-26-35-7-8-41(57)55-35/h1-6,9,16,19-21,24-25,35,51H,7-8,10-15,17-18,22-23,26-28H2,(H,55,57)(H,58,59)/b38-20-/t35-,46?,47?/m0/s1. The van der Waals surface area contributed by atoms with E-state index in [0.29, 0.717) is 47.1 Å². The number of carbonyl (C=O) groups excluding carboxylic acids is 1. The molecule has 2 bridgehead atoms. The van der Waals surface area contributed by atoms with Crippen LogP contribution in [0.1, 0.15) is 90.6 Å². The fourth-order valence-corrected chi connectivity index (χ4v) is 10.5. The molecule has 2 saturated carbocycles. The average molecular weight is 834 g/mol. The van der Waals surface area contributed by atoms with E-state index < -0.39 is 17.2 Å². The number of hydrogen-bond donors (Lipinski definition) is 3. The Balaban J connectivity index is 0.866. The Morgan fingerprint density at radius 1 is 0.983 bits per heavy atom. The molecule has 3 N–H and O–H groups in total. The molecule has 1 saturated heterocycles. The average Bonchev–Trinajstić information content (AvgIpc) is 3.96. The van der Waals surface area contributed by atoms with Gasteiger partial charge in [0.1, 0.15) is 5.83 Å².